The normalized spacial score (nSPS) is 16.4. The average molecular weight is 399 g/mol. The Hall–Kier alpha value is -3.74. The lowest BCUT2D eigenvalue weighted by Crippen LogP contribution is -2.26. The number of para-hydroxylation sites is 1. The SMILES string of the molecule is Cc1cccc(C)c1N1CC(c2noc(-c3cc(-c4ccccc4)n[nH]3)n2)CC1=O. The van der Waals surface area contributed by atoms with Crippen LogP contribution in [0.1, 0.15) is 29.3 Å². The molecule has 7 heteroatoms. The van der Waals surface area contributed by atoms with E-state index in [0.29, 0.717) is 30.4 Å². The number of hydrogen-bond acceptors (Lipinski definition) is 5. The molecule has 1 amide bonds. The van der Waals surface area contributed by atoms with Crippen LogP contribution in [-0.2, 0) is 4.79 Å². The number of aryl methyl sites for hydroxylation is 2. The first kappa shape index (κ1) is 18.3. The number of anilines is 1. The highest BCUT2D eigenvalue weighted by Gasteiger charge is 2.35. The van der Waals surface area contributed by atoms with Gasteiger partial charge in [-0.15, -0.1) is 0 Å². The summed E-state index contributed by atoms with van der Waals surface area (Å²) in [6, 6.07) is 17.8. The zero-order valence-electron chi connectivity index (χ0n) is 16.8. The standard InChI is InChI=1S/C23H21N5O2/c1-14-7-6-8-15(2)21(14)28-13-17(11-20(28)29)22-24-23(30-27-22)19-12-18(25-26-19)16-9-4-3-5-10-16/h3-10,12,17H,11,13H2,1-2H3,(H,25,26). The number of amides is 1. The van der Waals surface area contributed by atoms with E-state index >= 15 is 0 Å². The lowest BCUT2D eigenvalue weighted by Gasteiger charge is -2.21. The van der Waals surface area contributed by atoms with E-state index in [0.717, 1.165) is 28.1 Å². The molecular formula is C23H21N5O2. The maximum Gasteiger partial charge on any atom is 0.275 e. The zero-order valence-corrected chi connectivity index (χ0v) is 16.8. The van der Waals surface area contributed by atoms with Crippen molar-refractivity contribution in [1.82, 2.24) is 20.3 Å². The zero-order chi connectivity index (χ0) is 20.7. The highest BCUT2D eigenvalue weighted by molar-refractivity contribution is 5.97. The maximum atomic E-state index is 12.7. The minimum absolute atomic E-state index is 0.0802. The molecule has 1 aliphatic heterocycles. The molecule has 0 aliphatic carbocycles. The third-order valence-electron chi connectivity index (χ3n) is 5.52. The van der Waals surface area contributed by atoms with Crippen molar-refractivity contribution in [2.24, 2.45) is 0 Å². The Labute approximate surface area is 173 Å². The number of carbonyl (C=O) groups is 1. The Morgan fingerprint density at radius 2 is 1.83 bits per heavy atom. The summed E-state index contributed by atoms with van der Waals surface area (Å²) < 4.78 is 5.47. The van der Waals surface area contributed by atoms with Crippen LogP contribution < -0.4 is 4.90 Å². The van der Waals surface area contributed by atoms with Crippen molar-refractivity contribution in [2.75, 3.05) is 11.4 Å². The molecule has 1 saturated heterocycles. The van der Waals surface area contributed by atoms with Crippen LogP contribution in [0.5, 0.6) is 0 Å². The maximum absolute atomic E-state index is 12.7. The third-order valence-corrected chi connectivity index (χ3v) is 5.52. The number of benzene rings is 2. The van der Waals surface area contributed by atoms with Gasteiger partial charge in [-0.1, -0.05) is 53.7 Å². The molecule has 0 radical (unpaired) electrons. The largest absolute Gasteiger partial charge is 0.332 e. The van der Waals surface area contributed by atoms with Crippen LogP contribution in [0.2, 0.25) is 0 Å². The second-order valence-electron chi connectivity index (χ2n) is 7.64. The smallest absolute Gasteiger partial charge is 0.275 e. The van der Waals surface area contributed by atoms with Crippen molar-refractivity contribution in [3.63, 3.8) is 0 Å². The summed E-state index contributed by atoms with van der Waals surface area (Å²) in [5, 5.41) is 11.4. The Bertz CT molecular complexity index is 1190. The van der Waals surface area contributed by atoms with Gasteiger partial charge in [0.05, 0.1) is 5.69 Å². The van der Waals surface area contributed by atoms with E-state index in [1.165, 1.54) is 0 Å². The van der Waals surface area contributed by atoms with Gasteiger partial charge in [-0.25, -0.2) is 0 Å². The second kappa shape index (κ2) is 7.26. The van der Waals surface area contributed by atoms with Crippen molar-refractivity contribution in [3.8, 4) is 22.8 Å². The molecule has 2 aromatic heterocycles. The summed E-state index contributed by atoms with van der Waals surface area (Å²) in [4.78, 5) is 19.1. The predicted octanol–water partition coefficient (Wildman–Crippen LogP) is 4.26. The highest BCUT2D eigenvalue weighted by Crippen LogP contribution is 2.34. The molecule has 0 spiro atoms. The molecule has 2 aromatic carbocycles. The lowest BCUT2D eigenvalue weighted by molar-refractivity contribution is -0.117. The molecule has 1 aliphatic rings. The number of H-pyrrole nitrogens is 1. The van der Waals surface area contributed by atoms with Crippen molar-refractivity contribution in [1.29, 1.82) is 0 Å². The molecule has 3 heterocycles. The second-order valence-corrected chi connectivity index (χ2v) is 7.64. The van der Waals surface area contributed by atoms with Gasteiger partial charge in [0, 0.05) is 30.1 Å². The predicted molar refractivity (Wildman–Crippen MR) is 113 cm³/mol. The molecule has 0 bridgehead atoms. The number of hydrogen-bond donors (Lipinski definition) is 1. The number of carbonyl (C=O) groups excluding carboxylic acids is 1. The van der Waals surface area contributed by atoms with Gasteiger partial charge in [0.1, 0.15) is 5.69 Å². The monoisotopic (exact) mass is 399 g/mol. The Morgan fingerprint density at radius 1 is 1.07 bits per heavy atom. The van der Waals surface area contributed by atoms with Crippen molar-refractivity contribution in [3.05, 3.63) is 71.5 Å². The molecule has 150 valence electrons. The van der Waals surface area contributed by atoms with Gasteiger partial charge in [0.15, 0.2) is 5.82 Å². The molecule has 7 nitrogen and oxygen atoms in total. The summed E-state index contributed by atoms with van der Waals surface area (Å²) in [5.41, 5.74) is 5.62. The number of nitrogens with zero attached hydrogens (tertiary/aromatic N) is 4. The van der Waals surface area contributed by atoms with Gasteiger partial charge < -0.3 is 9.42 Å². The van der Waals surface area contributed by atoms with Crippen LogP contribution in [0.4, 0.5) is 5.69 Å². The van der Waals surface area contributed by atoms with Gasteiger partial charge in [-0.3, -0.25) is 9.89 Å². The Balaban J connectivity index is 1.38. The van der Waals surface area contributed by atoms with Crippen molar-refractivity contribution >= 4 is 11.6 Å². The first-order valence-corrected chi connectivity index (χ1v) is 9.91. The summed E-state index contributed by atoms with van der Waals surface area (Å²) in [6.07, 6.45) is 0.366. The fourth-order valence-electron chi connectivity index (χ4n) is 4.03. The van der Waals surface area contributed by atoms with Crippen molar-refractivity contribution in [2.45, 2.75) is 26.2 Å². The average Bonchev–Trinajstić information content (AvgIpc) is 3.48. The summed E-state index contributed by atoms with van der Waals surface area (Å²) in [6.45, 7) is 4.59. The molecule has 1 N–H and O–H groups in total. The molecule has 1 unspecified atom stereocenters. The summed E-state index contributed by atoms with van der Waals surface area (Å²) in [7, 11) is 0. The van der Waals surface area contributed by atoms with Crippen molar-refractivity contribution < 1.29 is 9.32 Å². The Kier molecular flexibility index (Phi) is 4.43. The van der Waals surface area contributed by atoms with Crippen LogP contribution in [0.25, 0.3) is 22.8 Å². The van der Waals surface area contributed by atoms with E-state index in [2.05, 4.69) is 20.3 Å². The minimum atomic E-state index is -0.106. The molecule has 0 saturated carbocycles. The number of nitrogens with one attached hydrogen (secondary N) is 1. The topological polar surface area (TPSA) is 87.9 Å². The number of rotatable bonds is 4. The molecule has 30 heavy (non-hydrogen) atoms. The van der Waals surface area contributed by atoms with Crippen LogP contribution in [0, 0.1) is 13.8 Å². The fourth-order valence-corrected chi connectivity index (χ4v) is 4.03. The first-order chi connectivity index (χ1) is 14.6. The van der Waals surface area contributed by atoms with Crippen LogP contribution in [0.3, 0.4) is 0 Å². The minimum Gasteiger partial charge on any atom is -0.332 e. The molecule has 4 aromatic rings. The quantitative estimate of drug-likeness (QED) is 0.554. The first-order valence-electron chi connectivity index (χ1n) is 9.91. The van der Waals surface area contributed by atoms with E-state index in [1.54, 1.807) is 0 Å². The van der Waals surface area contributed by atoms with Crippen LogP contribution in [-0.4, -0.2) is 32.8 Å². The summed E-state index contributed by atoms with van der Waals surface area (Å²) >= 11 is 0. The number of aromatic nitrogens is 4. The number of aromatic amines is 1. The Morgan fingerprint density at radius 3 is 2.60 bits per heavy atom. The van der Waals surface area contributed by atoms with Gasteiger partial charge in [-0.05, 0) is 31.0 Å². The molecule has 1 fully saturated rings. The highest BCUT2D eigenvalue weighted by atomic mass is 16.5. The van der Waals surface area contributed by atoms with E-state index < -0.39 is 0 Å². The van der Waals surface area contributed by atoms with Gasteiger partial charge >= 0.3 is 0 Å². The lowest BCUT2D eigenvalue weighted by atomic mass is 10.1. The summed E-state index contributed by atoms with van der Waals surface area (Å²) in [5.74, 6) is 0.891. The van der Waals surface area contributed by atoms with Gasteiger partial charge in [-0.2, -0.15) is 10.1 Å². The van der Waals surface area contributed by atoms with Crippen LogP contribution in [0.15, 0.2) is 59.1 Å². The van der Waals surface area contributed by atoms with E-state index in [4.69, 9.17) is 4.52 Å². The van der Waals surface area contributed by atoms with E-state index in [9.17, 15) is 4.79 Å². The molecular weight excluding hydrogens is 378 g/mol. The van der Waals surface area contributed by atoms with Crippen LogP contribution >= 0.6 is 0 Å². The third kappa shape index (κ3) is 3.18. The van der Waals surface area contributed by atoms with E-state index in [-0.39, 0.29) is 11.8 Å². The van der Waals surface area contributed by atoms with E-state index in [1.807, 2.05) is 73.3 Å². The molecule has 1 atom stereocenters. The van der Waals surface area contributed by atoms with Gasteiger partial charge in [0.2, 0.25) is 5.91 Å². The van der Waals surface area contributed by atoms with Gasteiger partial charge in [0.25, 0.3) is 5.89 Å². The molecule has 5 rings (SSSR count). The fraction of sp³-hybridized carbons (Fsp3) is 0.217.